The Morgan fingerprint density at radius 3 is 2.41 bits per heavy atom. The van der Waals surface area contributed by atoms with Crippen molar-refractivity contribution in [2.45, 2.75) is 19.4 Å². The molecule has 5 nitrogen and oxygen atoms in total. The highest BCUT2D eigenvalue weighted by atomic mass is 16.5. The molecule has 1 aliphatic heterocycles. The number of rotatable bonds is 5. The summed E-state index contributed by atoms with van der Waals surface area (Å²) in [6.07, 6.45) is 0. The van der Waals surface area contributed by atoms with Crippen LogP contribution in [0.25, 0.3) is 0 Å². The Bertz CT molecular complexity index is 248. The van der Waals surface area contributed by atoms with Crippen LogP contribution in [0, 0.1) is 0 Å². The van der Waals surface area contributed by atoms with Gasteiger partial charge in [0, 0.05) is 39.8 Å². The first-order valence-electron chi connectivity index (χ1n) is 6.17. The number of hydrogen-bond acceptors (Lipinski definition) is 4. The van der Waals surface area contributed by atoms with Gasteiger partial charge >= 0.3 is 0 Å². The molecular formula is C12H25N3O2. The maximum atomic E-state index is 11.9. The fourth-order valence-corrected chi connectivity index (χ4v) is 1.71. The Hall–Kier alpha value is -0.650. The number of carbonyl (C=O) groups is 1. The molecule has 100 valence electrons. The third kappa shape index (κ3) is 5.02. The van der Waals surface area contributed by atoms with Gasteiger partial charge in [-0.25, -0.2) is 0 Å². The molecule has 5 heteroatoms. The number of hydrogen-bond donors (Lipinski definition) is 1. The van der Waals surface area contributed by atoms with E-state index >= 15 is 0 Å². The summed E-state index contributed by atoms with van der Waals surface area (Å²) in [5.41, 5.74) is -0.220. The number of piperazine rings is 1. The Labute approximate surface area is 104 Å². The first-order chi connectivity index (χ1) is 7.94. The van der Waals surface area contributed by atoms with Crippen LogP contribution < -0.4 is 5.32 Å². The SMILES string of the molecule is COC(C)(C)CNCC(=O)N1CCN(C)CC1. The van der Waals surface area contributed by atoms with Gasteiger partial charge in [0.25, 0.3) is 0 Å². The molecule has 17 heavy (non-hydrogen) atoms. The molecule has 1 amide bonds. The zero-order chi connectivity index (χ0) is 12.9. The van der Waals surface area contributed by atoms with Crippen molar-refractivity contribution < 1.29 is 9.53 Å². The summed E-state index contributed by atoms with van der Waals surface area (Å²) < 4.78 is 5.28. The lowest BCUT2D eigenvalue weighted by Crippen LogP contribution is -2.50. The molecule has 0 unspecified atom stereocenters. The average molecular weight is 243 g/mol. The molecule has 0 aliphatic carbocycles. The molecule has 0 radical (unpaired) electrons. The van der Waals surface area contributed by atoms with E-state index in [1.165, 1.54) is 0 Å². The lowest BCUT2D eigenvalue weighted by Gasteiger charge is -2.32. The Kier molecular flexibility index (Phi) is 5.36. The minimum absolute atomic E-state index is 0.185. The molecule has 0 saturated carbocycles. The monoisotopic (exact) mass is 243 g/mol. The third-order valence-electron chi connectivity index (χ3n) is 3.24. The fraction of sp³-hybridized carbons (Fsp3) is 0.917. The van der Waals surface area contributed by atoms with Crippen molar-refractivity contribution in [3.63, 3.8) is 0 Å². The minimum atomic E-state index is -0.220. The number of amides is 1. The van der Waals surface area contributed by atoms with Gasteiger partial charge in [-0.15, -0.1) is 0 Å². The molecule has 0 aromatic heterocycles. The maximum absolute atomic E-state index is 11.9. The second-order valence-corrected chi connectivity index (χ2v) is 5.25. The molecule has 0 bridgehead atoms. The summed E-state index contributed by atoms with van der Waals surface area (Å²) in [5.74, 6) is 0.185. The molecule has 1 N–H and O–H groups in total. The maximum Gasteiger partial charge on any atom is 0.236 e. The number of ether oxygens (including phenoxy) is 1. The summed E-state index contributed by atoms with van der Waals surface area (Å²) in [4.78, 5) is 16.0. The van der Waals surface area contributed by atoms with Crippen molar-refractivity contribution >= 4 is 5.91 Å². The van der Waals surface area contributed by atoms with E-state index in [9.17, 15) is 4.79 Å². The summed E-state index contributed by atoms with van der Waals surface area (Å²) >= 11 is 0. The van der Waals surface area contributed by atoms with E-state index in [4.69, 9.17) is 4.74 Å². The summed E-state index contributed by atoms with van der Waals surface area (Å²) in [7, 11) is 3.77. The van der Waals surface area contributed by atoms with Crippen LogP contribution >= 0.6 is 0 Å². The molecule has 1 saturated heterocycles. The van der Waals surface area contributed by atoms with E-state index in [0.717, 1.165) is 26.2 Å². The van der Waals surface area contributed by atoms with Crippen molar-refractivity contribution in [3.05, 3.63) is 0 Å². The standard InChI is InChI=1S/C12H25N3O2/c1-12(2,17-4)10-13-9-11(16)15-7-5-14(3)6-8-15/h13H,5-10H2,1-4H3. The van der Waals surface area contributed by atoms with Gasteiger partial charge in [0.05, 0.1) is 12.1 Å². The van der Waals surface area contributed by atoms with Crippen LogP contribution in [-0.4, -0.2) is 74.7 Å². The summed E-state index contributed by atoms with van der Waals surface area (Å²) in [6, 6.07) is 0. The predicted octanol–water partition coefficient (Wildman–Crippen LogP) is -0.225. The number of carbonyl (C=O) groups excluding carboxylic acids is 1. The Morgan fingerprint density at radius 1 is 1.29 bits per heavy atom. The Morgan fingerprint density at radius 2 is 1.88 bits per heavy atom. The van der Waals surface area contributed by atoms with Crippen LogP contribution in [0.3, 0.4) is 0 Å². The van der Waals surface area contributed by atoms with Crippen molar-refractivity contribution in [1.29, 1.82) is 0 Å². The van der Waals surface area contributed by atoms with Gasteiger partial charge in [0.1, 0.15) is 0 Å². The zero-order valence-electron chi connectivity index (χ0n) is 11.5. The lowest BCUT2D eigenvalue weighted by atomic mass is 10.1. The van der Waals surface area contributed by atoms with Gasteiger partial charge in [-0.2, -0.15) is 0 Å². The van der Waals surface area contributed by atoms with E-state index in [1.54, 1.807) is 7.11 Å². The van der Waals surface area contributed by atoms with E-state index in [1.807, 2.05) is 18.7 Å². The summed E-state index contributed by atoms with van der Waals surface area (Å²) in [5, 5.41) is 3.16. The highest BCUT2D eigenvalue weighted by molar-refractivity contribution is 5.78. The van der Waals surface area contributed by atoms with Crippen molar-refractivity contribution in [2.24, 2.45) is 0 Å². The fourth-order valence-electron chi connectivity index (χ4n) is 1.71. The van der Waals surface area contributed by atoms with Crippen LogP contribution in [0.4, 0.5) is 0 Å². The van der Waals surface area contributed by atoms with Crippen LogP contribution in [0.2, 0.25) is 0 Å². The Balaban J connectivity index is 2.21. The second-order valence-electron chi connectivity index (χ2n) is 5.25. The number of nitrogens with one attached hydrogen (secondary N) is 1. The van der Waals surface area contributed by atoms with E-state index in [0.29, 0.717) is 13.1 Å². The van der Waals surface area contributed by atoms with E-state index < -0.39 is 0 Å². The number of methoxy groups -OCH3 is 1. The zero-order valence-corrected chi connectivity index (χ0v) is 11.5. The van der Waals surface area contributed by atoms with Crippen LogP contribution in [-0.2, 0) is 9.53 Å². The van der Waals surface area contributed by atoms with E-state index in [-0.39, 0.29) is 11.5 Å². The van der Waals surface area contributed by atoms with Crippen molar-refractivity contribution in [3.8, 4) is 0 Å². The lowest BCUT2D eigenvalue weighted by molar-refractivity contribution is -0.131. The first kappa shape index (κ1) is 14.4. The van der Waals surface area contributed by atoms with Crippen LogP contribution in [0.15, 0.2) is 0 Å². The van der Waals surface area contributed by atoms with Crippen LogP contribution in [0.5, 0.6) is 0 Å². The normalized spacial score (nSPS) is 18.5. The molecule has 1 aliphatic rings. The molecule has 1 rings (SSSR count). The molecule has 0 aromatic carbocycles. The predicted molar refractivity (Wildman–Crippen MR) is 68.0 cm³/mol. The smallest absolute Gasteiger partial charge is 0.236 e. The minimum Gasteiger partial charge on any atom is -0.377 e. The topological polar surface area (TPSA) is 44.8 Å². The molecule has 0 spiro atoms. The highest BCUT2D eigenvalue weighted by Crippen LogP contribution is 2.04. The largest absolute Gasteiger partial charge is 0.377 e. The highest BCUT2D eigenvalue weighted by Gasteiger charge is 2.20. The van der Waals surface area contributed by atoms with E-state index in [2.05, 4.69) is 17.3 Å². The van der Waals surface area contributed by atoms with Gasteiger partial charge in [-0.3, -0.25) is 4.79 Å². The summed E-state index contributed by atoms with van der Waals surface area (Å²) in [6.45, 7) is 8.69. The molecule has 0 atom stereocenters. The quantitative estimate of drug-likeness (QED) is 0.725. The van der Waals surface area contributed by atoms with Gasteiger partial charge in [0.15, 0.2) is 0 Å². The van der Waals surface area contributed by atoms with Crippen molar-refractivity contribution in [2.75, 3.05) is 53.4 Å². The third-order valence-corrected chi connectivity index (χ3v) is 3.24. The molecule has 0 aromatic rings. The first-order valence-corrected chi connectivity index (χ1v) is 6.17. The number of likely N-dealkylation sites (N-methyl/N-ethyl adjacent to an activating group) is 1. The second kappa shape index (κ2) is 6.33. The van der Waals surface area contributed by atoms with Gasteiger partial charge in [-0.1, -0.05) is 0 Å². The molecular weight excluding hydrogens is 218 g/mol. The average Bonchev–Trinajstić information content (AvgIpc) is 2.29. The number of nitrogens with zero attached hydrogens (tertiary/aromatic N) is 2. The molecule has 1 heterocycles. The van der Waals surface area contributed by atoms with Crippen molar-refractivity contribution in [1.82, 2.24) is 15.1 Å². The van der Waals surface area contributed by atoms with Crippen LogP contribution in [0.1, 0.15) is 13.8 Å². The van der Waals surface area contributed by atoms with Gasteiger partial charge < -0.3 is 19.9 Å². The van der Waals surface area contributed by atoms with Gasteiger partial charge in [0.2, 0.25) is 5.91 Å². The van der Waals surface area contributed by atoms with Gasteiger partial charge in [-0.05, 0) is 20.9 Å². The molecule has 1 fully saturated rings.